The first kappa shape index (κ1) is 16.6. The predicted molar refractivity (Wildman–Crippen MR) is 95.8 cm³/mol. The monoisotopic (exact) mass is 378 g/mol. The van der Waals surface area contributed by atoms with Gasteiger partial charge in [-0.05, 0) is 54.8 Å². The molecular formula is C18H16ClFN2O2S. The Labute approximate surface area is 150 Å². The number of benzene rings is 2. The minimum absolute atomic E-state index is 0.150. The highest BCUT2D eigenvalue weighted by Crippen LogP contribution is 2.50. The van der Waals surface area contributed by atoms with Gasteiger partial charge in [0.25, 0.3) is 0 Å². The molecule has 130 valence electrons. The average molecular weight is 379 g/mol. The Hall–Kier alpha value is -1.89. The third-order valence-corrected chi connectivity index (χ3v) is 6.41. The van der Waals surface area contributed by atoms with E-state index in [2.05, 4.69) is 9.71 Å². The molecule has 0 unspecified atom stereocenters. The SMILES string of the molecule is O=S(=O)(NCC1(c2c[nH]c3cc(F)ccc23)CC1)c1cccc(Cl)c1. The Morgan fingerprint density at radius 1 is 1.20 bits per heavy atom. The summed E-state index contributed by atoms with van der Waals surface area (Å²) in [6.45, 7) is 0.298. The quantitative estimate of drug-likeness (QED) is 0.705. The minimum Gasteiger partial charge on any atom is -0.361 e. The minimum atomic E-state index is -3.63. The Morgan fingerprint density at radius 2 is 2.00 bits per heavy atom. The van der Waals surface area contributed by atoms with Crippen molar-refractivity contribution in [2.24, 2.45) is 0 Å². The zero-order valence-electron chi connectivity index (χ0n) is 13.2. The standard InChI is InChI=1S/C18H16ClFN2O2S/c19-12-2-1-3-14(8-12)25(23,24)22-11-18(6-7-18)16-10-21-17-9-13(20)4-5-15(16)17/h1-5,8-10,21-22H,6-7,11H2. The second-order valence-corrected chi connectivity index (χ2v) is 8.66. The van der Waals surface area contributed by atoms with Gasteiger partial charge in [-0.2, -0.15) is 0 Å². The second kappa shape index (κ2) is 5.83. The van der Waals surface area contributed by atoms with Crippen molar-refractivity contribution >= 4 is 32.5 Å². The maximum Gasteiger partial charge on any atom is 0.240 e. The van der Waals surface area contributed by atoms with Crippen molar-refractivity contribution in [1.82, 2.24) is 9.71 Å². The number of H-pyrrole nitrogens is 1. The smallest absolute Gasteiger partial charge is 0.240 e. The number of fused-ring (bicyclic) bond motifs is 1. The molecule has 3 aromatic rings. The molecule has 0 bridgehead atoms. The Morgan fingerprint density at radius 3 is 2.72 bits per heavy atom. The van der Waals surface area contributed by atoms with Crippen molar-refractivity contribution in [2.75, 3.05) is 6.54 Å². The second-order valence-electron chi connectivity index (χ2n) is 6.45. The van der Waals surface area contributed by atoms with Crippen molar-refractivity contribution in [1.29, 1.82) is 0 Å². The molecule has 0 spiro atoms. The zero-order valence-corrected chi connectivity index (χ0v) is 14.8. The van der Waals surface area contributed by atoms with Gasteiger partial charge in [0.1, 0.15) is 5.82 Å². The van der Waals surface area contributed by atoms with E-state index in [9.17, 15) is 12.8 Å². The lowest BCUT2D eigenvalue weighted by Crippen LogP contribution is -2.32. The van der Waals surface area contributed by atoms with Crippen LogP contribution in [-0.4, -0.2) is 19.9 Å². The van der Waals surface area contributed by atoms with Crippen LogP contribution < -0.4 is 4.72 Å². The number of hydrogen-bond acceptors (Lipinski definition) is 2. The molecule has 4 rings (SSSR count). The zero-order chi connectivity index (χ0) is 17.7. The number of rotatable bonds is 5. The summed E-state index contributed by atoms with van der Waals surface area (Å²) in [7, 11) is -3.63. The van der Waals surface area contributed by atoms with Gasteiger partial charge in [-0.3, -0.25) is 0 Å². The first-order chi connectivity index (χ1) is 11.9. The normalized spacial score (nSPS) is 16.2. The first-order valence-corrected chi connectivity index (χ1v) is 9.78. The van der Waals surface area contributed by atoms with Crippen molar-refractivity contribution in [3.05, 3.63) is 65.1 Å². The van der Waals surface area contributed by atoms with E-state index in [0.29, 0.717) is 11.6 Å². The maximum atomic E-state index is 13.4. The highest BCUT2D eigenvalue weighted by molar-refractivity contribution is 7.89. The van der Waals surface area contributed by atoms with Crippen LogP contribution in [-0.2, 0) is 15.4 Å². The van der Waals surface area contributed by atoms with Crippen molar-refractivity contribution in [3.63, 3.8) is 0 Å². The van der Waals surface area contributed by atoms with E-state index in [4.69, 9.17) is 11.6 Å². The van der Waals surface area contributed by atoms with Crippen LogP contribution in [0, 0.1) is 5.82 Å². The molecule has 0 amide bonds. The number of sulfonamides is 1. The molecule has 4 nitrogen and oxygen atoms in total. The van der Waals surface area contributed by atoms with Crippen LogP contribution in [0.3, 0.4) is 0 Å². The molecule has 0 saturated heterocycles. The lowest BCUT2D eigenvalue weighted by molar-refractivity contribution is 0.568. The molecule has 2 aromatic carbocycles. The van der Waals surface area contributed by atoms with Crippen LogP contribution in [0.4, 0.5) is 4.39 Å². The summed E-state index contributed by atoms with van der Waals surface area (Å²) in [5.41, 5.74) is 1.50. The molecule has 25 heavy (non-hydrogen) atoms. The van der Waals surface area contributed by atoms with Crippen LogP contribution in [0.5, 0.6) is 0 Å². The number of nitrogens with one attached hydrogen (secondary N) is 2. The molecule has 7 heteroatoms. The fraction of sp³-hybridized carbons (Fsp3) is 0.222. The van der Waals surface area contributed by atoms with Gasteiger partial charge < -0.3 is 4.98 Å². The lowest BCUT2D eigenvalue weighted by Gasteiger charge is -2.16. The van der Waals surface area contributed by atoms with Gasteiger partial charge in [-0.1, -0.05) is 17.7 Å². The average Bonchev–Trinajstić information content (AvgIpc) is 3.25. The van der Waals surface area contributed by atoms with Crippen molar-refractivity contribution < 1.29 is 12.8 Å². The third-order valence-electron chi connectivity index (χ3n) is 4.78. The first-order valence-electron chi connectivity index (χ1n) is 7.92. The van der Waals surface area contributed by atoms with Gasteiger partial charge in [0.05, 0.1) is 4.90 Å². The van der Waals surface area contributed by atoms with Crippen LogP contribution in [0.1, 0.15) is 18.4 Å². The summed E-state index contributed by atoms with van der Waals surface area (Å²) in [4.78, 5) is 3.23. The van der Waals surface area contributed by atoms with E-state index in [1.807, 2.05) is 6.20 Å². The van der Waals surface area contributed by atoms with E-state index in [1.165, 1.54) is 24.3 Å². The van der Waals surface area contributed by atoms with Gasteiger partial charge in [0, 0.05) is 34.1 Å². The number of halogens is 2. The molecule has 0 radical (unpaired) electrons. The molecule has 1 aliphatic carbocycles. The molecule has 1 saturated carbocycles. The van der Waals surface area contributed by atoms with E-state index < -0.39 is 10.0 Å². The van der Waals surface area contributed by atoms with Gasteiger partial charge in [-0.15, -0.1) is 0 Å². The summed E-state index contributed by atoms with van der Waals surface area (Å²) in [5.74, 6) is -0.299. The van der Waals surface area contributed by atoms with E-state index in [1.54, 1.807) is 18.2 Å². The maximum absolute atomic E-state index is 13.4. The summed E-state index contributed by atoms with van der Waals surface area (Å²) in [6, 6.07) is 10.8. The molecule has 0 aliphatic heterocycles. The fourth-order valence-electron chi connectivity index (χ4n) is 3.18. The van der Waals surface area contributed by atoms with Crippen LogP contribution >= 0.6 is 11.6 Å². The molecular weight excluding hydrogens is 363 g/mol. The van der Waals surface area contributed by atoms with Crippen LogP contribution in [0.15, 0.2) is 53.6 Å². The van der Waals surface area contributed by atoms with Crippen LogP contribution in [0.25, 0.3) is 10.9 Å². The summed E-state index contributed by atoms with van der Waals surface area (Å²) in [6.07, 6.45) is 3.62. The summed E-state index contributed by atoms with van der Waals surface area (Å²) < 4.78 is 41.1. The Kier molecular flexibility index (Phi) is 3.86. The third kappa shape index (κ3) is 3.05. The molecule has 1 aromatic heterocycles. The largest absolute Gasteiger partial charge is 0.361 e. The number of aromatic nitrogens is 1. The van der Waals surface area contributed by atoms with Crippen molar-refractivity contribution in [2.45, 2.75) is 23.2 Å². The highest BCUT2D eigenvalue weighted by Gasteiger charge is 2.46. The highest BCUT2D eigenvalue weighted by atomic mass is 35.5. The Balaban J connectivity index is 1.60. The summed E-state index contributed by atoms with van der Waals surface area (Å²) >= 11 is 5.89. The molecule has 1 aliphatic rings. The van der Waals surface area contributed by atoms with Gasteiger partial charge in [0.2, 0.25) is 10.0 Å². The number of hydrogen-bond donors (Lipinski definition) is 2. The Bertz CT molecular complexity index is 1060. The van der Waals surface area contributed by atoms with E-state index >= 15 is 0 Å². The van der Waals surface area contributed by atoms with Crippen LogP contribution in [0.2, 0.25) is 5.02 Å². The van der Waals surface area contributed by atoms with Gasteiger partial charge >= 0.3 is 0 Å². The predicted octanol–water partition coefficient (Wildman–Crippen LogP) is 3.97. The van der Waals surface area contributed by atoms with Gasteiger partial charge in [0.15, 0.2) is 0 Å². The molecule has 1 fully saturated rings. The molecule has 1 heterocycles. The molecule has 2 N–H and O–H groups in total. The topological polar surface area (TPSA) is 62.0 Å². The molecule has 0 atom stereocenters. The lowest BCUT2D eigenvalue weighted by atomic mass is 9.96. The summed E-state index contributed by atoms with van der Waals surface area (Å²) in [5, 5.41) is 1.31. The number of aromatic amines is 1. The van der Waals surface area contributed by atoms with E-state index in [0.717, 1.165) is 29.3 Å². The van der Waals surface area contributed by atoms with Gasteiger partial charge in [-0.25, -0.2) is 17.5 Å². The fourth-order valence-corrected chi connectivity index (χ4v) is 4.61. The van der Waals surface area contributed by atoms with E-state index in [-0.39, 0.29) is 16.1 Å². The van der Waals surface area contributed by atoms with Crippen molar-refractivity contribution in [3.8, 4) is 0 Å².